The van der Waals surface area contributed by atoms with Crippen LogP contribution in [0.15, 0.2) is 23.2 Å². The first-order valence-corrected chi connectivity index (χ1v) is 8.83. The van der Waals surface area contributed by atoms with Crippen LogP contribution in [0.3, 0.4) is 0 Å². The third kappa shape index (κ3) is 4.21. The minimum absolute atomic E-state index is 0.216. The number of rotatable bonds is 7. The summed E-state index contributed by atoms with van der Waals surface area (Å²) in [6, 6.07) is 0.345. The largest absolute Gasteiger partial charge is 0.341 e. The minimum atomic E-state index is 0.216. The van der Waals surface area contributed by atoms with Crippen molar-refractivity contribution < 1.29 is 9.32 Å². The van der Waals surface area contributed by atoms with Crippen molar-refractivity contribution in [1.29, 1.82) is 0 Å². The lowest BCUT2D eigenvalue weighted by molar-refractivity contribution is -0.132. The number of nitrogens with zero attached hydrogens (tertiary/aromatic N) is 5. The summed E-state index contributed by atoms with van der Waals surface area (Å²) in [6.07, 6.45) is 11.5. The Labute approximate surface area is 142 Å². The number of aromatic nitrogens is 4. The number of imidazole rings is 1. The Morgan fingerprint density at radius 3 is 3.12 bits per heavy atom. The van der Waals surface area contributed by atoms with Crippen LogP contribution in [0.25, 0.3) is 0 Å². The maximum Gasteiger partial charge on any atom is 0.226 e. The van der Waals surface area contributed by atoms with Crippen LogP contribution in [0.4, 0.5) is 0 Å². The van der Waals surface area contributed by atoms with Crippen molar-refractivity contribution in [2.45, 2.75) is 57.9 Å². The smallest absolute Gasteiger partial charge is 0.226 e. The number of likely N-dealkylation sites (tertiary alicyclic amines) is 1. The van der Waals surface area contributed by atoms with Crippen LogP contribution < -0.4 is 0 Å². The molecule has 1 aliphatic rings. The number of aryl methyl sites for hydroxylation is 2. The molecule has 0 bridgehead atoms. The average molecular weight is 331 g/mol. The quantitative estimate of drug-likeness (QED) is 0.778. The Morgan fingerprint density at radius 2 is 2.33 bits per heavy atom. The number of hydrogen-bond donors (Lipinski definition) is 0. The van der Waals surface area contributed by atoms with Crippen molar-refractivity contribution in [3.05, 3.63) is 30.4 Å². The van der Waals surface area contributed by atoms with Crippen molar-refractivity contribution >= 4 is 5.91 Å². The van der Waals surface area contributed by atoms with Crippen molar-refractivity contribution in [3.63, 3.8) is 0 Å². The molecule has 0 spiro atoms. The molecule has 2 aromatic heterocycles. The molecule has 0 saturated carbocycles. The summed E-state index contributed by atoms with van der Waals surface area (Å²) in [7, 11) is 0. The lowest BCUT2D eigenvalue weighted by Gasteiger charge is -2.33. The van der Waals surface area contributed by atoms with Crippen LogP contribution in [0.2, 0.25) is 0 Å². The third-order valence-electron chi connectivity index (χ3n) is 4.46. The lowest BCUT2D eigenvalue weighted by Crippen LogP contribution is -2.40. The summed E-state index contributed by atoms with van der Waals surface area (Å²) in [6.45, 7) is 3.71. The van der Waals surface area contributed by atoms with Gasteiger partial charge in [0.25, 0.3) is 0 Å². The van der Waals surface area contributed by atoms with Crippen molar-refractivity contribution in [2.75, 3.05) is 13.1 Å². The van der Waals surface area contributed by atoms with E-state index in [4.69, 9.17) is 4.52 Å². The summed E-state index contributed by atoms with van der Waals surface area (Å²) in [5.74, 6) is 1.62. The topological polar surface area (TPSA) is 77.0 Å². The molecule has 1 atom stereocenters. The summed E-state index contributed by atoms with van der Waals surface area (Å²) < 4.78 is 7.32. The molecule has 1 saturated heterocycles. The second-order valence-electron chi connectivity index (χ2n) is 6.35. The fourth-order valence-electron chi connectivity index (χ4n) is 3.18. The van der Waals surface area contributed by atoms with Gasteiger partial charge in [-0.05, 0) is 25.7 Å². The molecule has 1 fully saturated rings. The predicted molar refractivity (Wildman–Crippen MR) is 88.3 cm³/mol. The number of hydrogen-bond acceptors (Lipinski definition) is 5. The summed E-state index contributed by atoms with van der Waals surface area (Å²) in [5.41, 5.74) is 0. The SMILES string of the molecule is CCCc1noc(CCCC(=O)N2CCCC(n3ccnc3)C2)n1. The molecule has 0 aromatic carbocycles. The van der Waals surface area contributed by atoms with Gasteiger partial charge in [0.2, 0.25) is 11.8 Å². The summed E-state index contributed by atoms with van der Waals surface area (Å²) in [4.78, 5) is 22.9. The number of carbonyl (C=O) groups excluding carboxylic acids is 1. The molecule has 3 rings (SSSR count). The average Bonchev–Trinajstić information content (AvgIpc) is 3.27. The Hall–Kier alpha value is -2.18. The molecule has 130 valence electrons. The standard InChI is InChI=1S/C17H25N5O2/c1-2-5-15-19-16(24-20-15)7-3-8-17(23)21-10-4-6-14(12-21)22-11-9-18-13-22/h9,11,13-14H,2-8,10,12H2,1H3. The van der Waals surface area contributed by atoms with Gasteiger partial charge in [-0.25, -0.2) is 4.98 Å². The van der Waals surface area contributed by atoms with E-state index in [2.05, 4.69) is 26.6 Å². The second-order valence-corrected chi connectivity index (χ2v) is 6.35. The van der Waals surface area contributed by atoms with Gasteiger partial charge in [0, 0.05) is 44.7 Å². The van der Waals surface area contributed by atoms with Gasteiger partial charge in [-0.2, -0.15) is 4.98 Å². The van der Waals surface area contributed by atoms with Gasteiger partial charge in [-0.1, -0.05) is 12.1 Å². The van der Waals surface area contributed by atoms with Crippen LogP contribution >= 0.6 is 0 Å². The van der Waals surface area contributed by atoms with Crippen LogP contribution in [0, 0.1) is 0 Å². The van der Waals surface area contributed by atoms with Crippen molar-refractivity contribution in [2.24, 2.45) is 0 Å². The van der Waals surface area contributed by atoms with Gasteiger partial charge in [-0.15, -0.1) is 0 Å². The second kappa shape index (κ2) is 8.08. The predicted octanol–water partition coefficient (Wildman–Crippen LogP) is 2.41. The van der Waals surface area contributed by atoms with E-state index in [1.165, 1.54) is 0 Å². The number of piperidine rings is 1. The van der Waals surface area contributed by atoms with Crippen molar-refractivity contribution in [1.82, 2.24) is 24.6 Å². The Bertz CT molecular complexity index is 637. The first-order valence-electron chi connectivity index (χ1n) is 8.83. The van der Waals surface area contributed by atoms with E-state index >= 15 is 0 Å². The Balaban J connectivity index is 1.44. The fraction of sp³-hybridized carbons (Fsp3) is 0.647. The first kappa shape index (κ1) is 16.7. The Morgan fingerprint density at radius 1 is 1.42 bits per heavy atom. The molecule has 1 unspecified atom stereocenters. The first-order chi connectivity index (χ1) is 11.8. The van der Waals surface area contributed by atoms with Crippen LogP contribution in [-0.4, -0.2) is 43.6 Å². The summed E-state index contributed by atoms with van der Waals surface area (Å²) in [5, 5.41) is 3.94. The zero-order valence-corrected chi connectivity index (χ0v) is 14.2. The molecule has 0 aliphatic carbocycles. The monoisotopic (exact) mass is 331 g/mol. The normalized spacial score (nSPS) is 18.0. The minimum Gasteiger partial charge on any atom is -0.341 e. The highest BCUT2D eigenvalue weighted by Gasteiger charge is 2.24. The van der Waals surface area contributed by atoms with Gasteiger partial charge in [-0.3, -0.25) is 4.79 Å². The zero-order chi connectivity index (χ0) is 16.8. The van der Waals surface area contributed by atoms with E-state index in [1.54, 1.807) is 6.20 Å². The Kier molecular flexibility index (Phi) is 5.61. The fourth-order valence-corrected chi connectivity index (χ4v) is 3.18. The molecule has 0 N–H and O–H groups in total. The molecule has 7 nitrogen and oxygen atoms in total. The van der Waals surface area contributed by atoms with E-state index in [0.717, 1.165) is 51.0 Å². The van der Waals surface area contributed by atoms with E-state index in [-0.39, 0.29) is 5.91 Å². The molecule has 1 amide bonds. The molecular weight excluding hydrogens is 306 g/mol. The molecule has 3 heterocycles. The van der Waals surface area contributed by atoms with E-state index in [1.807, 2.05) is 17.4 Å². The van der Waals surface area contributed by atoms with Gasteiger partial charge < -0.3 is 14.0 Å². The van der Waals surface area contributed by atoms with E-state index in [9.17, 15) is 4.79 Å². The van der Waals surface area contributed by atoms with E-state index < -0.39 is 0 Å². The van der Waals surface area contributed by atoms with Crippen LogP contribution in [-0.2, 0) is 17.6 Å². The highest BCUT2D eigenvalue weighted by Crippen LogP contribution is 2.22. The lowest BCUT2D eigenvalue weighted by atomic mass is 10.0. The number of carbonyl (C=O) groups is 1. The van der Waals surface area contributed by atoms with E-state index in [0.29, 0.717) is 24.8 Å². The molecule has 7 heteroatoms. The third-order valence-corrected chi connectivity index (χ3v) is 4.46. The van der Waals surface area contributed by atoms with Gasteiger partial charge in [0.15, 0.2) is 5.82 Å². The molecule has 2 aromatic rings. The van der Waals surface area contributed by atoms with Crippen molar-refractivity contribution in [3.8, 4) is 0 Å². The van der Waals surface area contributed by atoms with Crippen LogP contribution in [0.1, 0.15) is 56.8 Å². The highest BCUT2D eigenvalue weighted by atomic mass is 16.5. The molecular formula is C17H25N5O2. The van der Waals surface area contributed by atoms with Gasteiger partial charge in [0.05, 0.1) is 12.4 Å². The van der Waals surface area contributed by atoms with Gasteiger partial charge in [0.1, 0.15) is 0 Å². The maximum atomic E-state index is 12.4. The number of amides is 1. The molecule has 0 radical (unpaired) electrons. The maximum absolute atomic E-state index is 12.4. The molecule has 1 aliphatic heterocycles. The zero-order valence-electron chi connectivity index (χ0n) is 14.2. The van der Waals surface area contributed by atoms with Crippen LogP contribution in [0.5, 0.6) is 0 Å². The molecule has 24 heavy (non-hydrogen) atoms. The highest BCUT2D eigenvalue weighted by molar-refractivity contribution is 5.76. The summed E-state index contributed by atoms with van der Waals surface area (Å²) >= 11 is 0. The van der Waals surface area contributed by atoms with Gasteiger partial charge >= 0.3 is 0 Å².